The van der Waals surface area contributed by atoms with E-state index in [1.807, 2.05) is 0 Å². The van der Waals surface area contributed by atoms with Crippen LogP contribution in [0.25, 0.3) is 0 Å². The van der Waals surface area contributed by atoms with Crippen LogP contribution in [-0.4, -0.2) is 30.4 Å². The molecule has 20 heavy (non-hydrogen) atoms. The van der Waals surface area contributed by atoms with Gasteiger partial charge in [0.2, 0.25) is 11.5 Å². The number of hydrogen-bond acceptors (Lipinski definition) is 5. The fourth-order valence-corrected chi connectivity index (χ4v) is 2.72. The van der Waals surface area contributed by atoms with Gasteiger partial charge in [-0.3, -0.25) is 0 Å². The van der Waals surface area contributed by atoms with Crippen molar-refractivity contribution in [2.75, 3.05) is 7.11 Å². The highest BCUT2D eigenvalue weighted by atomic mass is 79.9. The predicted octanol–water partition coefficient (Wildman–Crippen LogP) is 2.44. The normalized spacial score (nSPS) is 22.5. The lowest BCUT2D eigenvalue weighted by Gasteiger charge is -2.28. The molecule has 1 aromatic rings. The molecule has 110 valence electrons. The van der Waals surface area contributed by atoms with E-state index in [1.54, 1.807) is 7.11 Å². The molecule has 2 rings (SSSR count). The Kier molecular flexibility index (Phi) is 4.82. The average Bonchev–Trinajstić information content (AvgIpc) is 2.42. The first kappa shape index (κ1) is 15.1. The molecule has 2 atom stereocenters. The molecule has 0 bridgehead atoms. The van der Waals surface area contributed by atoms with Gasteiger partial charge < -0.3 is 19.0 Å². The lowest BCUT2D eigenvalue weighted by Crippen LogP contribution is -2.31. The molecule has 0 radical (unpaired) electrons. The second-order valence-corrected chi connectivity index (χ2v) is 5.50. The third kappa shape index (κ3) is 3.40. The van der Waals surface area contributed by atoms with Gasteiger partial charge in [-0.25, -0.2) is 9.59 Å². The predicted molar refractivity (Wildman–Crippen MR) is 73.3 cm³/mol. The van der Waals surface area contributed by atoms with E-state index in [0.29, 0.717) is 6.42 Å². The summed E-state index contributed by atoms with van der Waals surface area (Å²) in [4.78, 5) is 22.6. The number of ether oxygens (including phenoxy) is 2. The number of carbonyl (C=O) groups is 1. The zero-order valence-electron chi connectivity index (χ0n) is 10.9. The van der Waals surface area contributed by atoms with Crippen LogP contribution in [0.1, 0.15) is 36.2 Å². The van der Waals surface area contributed by atoms with Gasteiger partial charge in [0, 0.05) is 19.6 Å². The first-order chi connectivity index (χ1) is 9.51. The average molecular weight is 347 g/mol. The van der Waals surface area contributed by atoms with Crippen molar-refractivity contribution < 1.29 is 23.8 Å². The minimum atomic E-state index is -1.30. The number of carboxylic acids is 1. The molecular formula is C13H15BrO6. The molecule has 0 amide bonds. The molecule has 6 nitrogen and oxygen atoms in total. The smallest absolute Gasteiger partial charge is 0.380 e. The number of rotatable bonds is 4. The highest BCUT2D eigenvalue weighted by Gasteiger charge is 2.25. The van der Waals surface area contributed by atoms with E-state index in [2.05, 4.69) is 15.9 Å². The lowest BCUT2D eigenvalue weighted by molar-refractivity contribution is 0.0194. The molecule has 0 aliphatic heterocycles. The Morgan fingerprint density at radius 3 is 2.75 bits per heavy atom. The highest BCUT2D eigenvalue weighted by Crippen LogP contribution is 2.28. The third-order valence-electron chi connectivity index (χ3n) is 3.27. The molecule has 1 fully saturated rings. The van der Waals surface area contributed by atoms with Crippen LogP contribution >= 0.6 is 15.9 Å². The largest absolute Gasteiger partial charge is 0.482 e. The summed E-state index contributed by atoms with van der Waals surface area (Å²) in [6.45, 7) is 0. The summed E-state index contributed by atoms with van der Waals surface area (Å²) < 4.78 is 15.9. The Hall–Kier alpha value is -1.34. The molecule has 2 unspecified atom stereocenters. The Labute approximate surface area is 123 Å². The minimum Gasteiger partial charge on any atom is -0.482 e. The summed E-state index contributed by atoms with van der Waals surface area (Å²) in [6, 6.07) is 1.22. The van der Waals surface area contributed by atoms with Crippen LogP contribution in [0.3, 0.4) is 0 Å². The van der Waals surface area contributed by atoms with Gasteiger partial charge in [0.15, 0.2) is 0 Å². The summed E-state index contributed by atoms with van der Waals surface area (Å²) in [5, 5.41) is 8.80. The van der Waals surface area contributed by atoms with Crippen molar-refractivity contribution in [1.29, 1.82) is 0 Å². The van der Waals surface area contributed by atoms with Crippen molar-refractivity contribution in [3.8, 4) is 5.75 Å². The van der Waals surface area contributed by atoms with Crippen molar-refractivity contribution >= 4 is 21.9 Å². The van der Waals surface area contributed by atoms with Gasteiger partial charge in [0.1, 0.15) is 6.10 Å². The molecule has 0 spiro atoms. The van der Waals surface area contributed by atoms with E-state index in [4.69, 9.17) is 19.0 Å². The van der Waals surface area contributed by atoms with Crippen LogP contribution in [0.2, 0.25) is 0 Å². The Morgan fingerprint density at radius 1 is 1.45 bits per heavy atom. The first-order valence-corrected chi connectivity index (χ1v) is 7.07. The van der Waals surface area contributed by atoms with Gasteiger partial charge in [-0.2, -0.15) is 0 Å². The van der Waals surface area contributed by atoms with Crippen LogP contribution in [0.15, 0.2) is 19.8 Å². The molecule has 1 N–H and O–H groups in total. The molecule has 1 aromatic heterocycles. The van der Waals surface area contributed by atoms with E-state index >= 15 is 0 Å². The SMILES string of the molecule is COC1CCCC(Oc2c(Br)cc(C(=O)O)oc2=O)C1. The number of methoxy groups -OCH3 is 1. The fraction of sp³-hybridized carbons (Fsp3) is 0.538. The van der Waals surface area contributed by atoms with Crippen LogP contribution in [-0.2, 0) is 4.74 Å². The zero-order chi connectivity index (χ0) is 14.7. The van der Waals surface area contributed by atoms with Crippen LogP contribution < -0.4 is 10.4 Å². The molecule has 7 heteroatoms. The molecule has 0 saturated heterocycles. The maximum atomic E-state index is 11.8. The summed E-state index contributed by atoms with van der Waals surface area (Å²) >= 11 is 3.15. The van der Waals surface area contributed by atoms with Crippen molar-refractivity contribution in [2.45, 2.75) is 37.9 Å². The second-order valence-electron chi connectivity index (χ2n) is 4.64. The number of hydrogen-bond donors (Lipinski definition) is 1. The molecule has 1 saturated carbocycles. The molecular weight excluding hydrogens is 332 g/mol. The van der Waals surface area contributed by atoms with Gasteiger partial charge in [-0.05, 0) is 35.2 Å². The quantitative estimate of drug-likeness (QED) is 0.900. The standard InChI is InChI=1S/C13H15BrO6/c1-18-7-3-2-4-8(5-7)19-11-9(14)6-10(12(15)16)20-13(11)17/h6-8H,2-5H2,1H3,(H,15,16). The zero-order valence-corrected chi connectivity index (χ0v) is 12.5. The summed E-state index contributed by atoms with van der Waals surface area (Å²) in [6.07, 6.45) is 3.44. The van der Waals surface area contributed by atoms with Gasteiger partial charge in [-0.1, -0.05) is 0 Å². The second kappa shape index (κ2) is 6.41. The summed E-state index contributed by atoms with van der Waals surface area (Å²) in [7, 11) is 1.65. The Bertz CT molecular complexity index is 552. The monoisotopic (exact) mass is 346 g/mol. The molecule has 0 aromatic carbocycles. The van der Waals surface area contributed by atoms with Crippen molar-refractivity contribution in [3.63, 3.8) is 0 Å². The fourth-order valence-electron chi connectivity index (χ4n) is 2.25. The summed E-state index contributed by atoms with van der Waals surface area (Å²) in [5.41, 5.74) is -0.795. The van der Waals surface area contributed by atoms with Crippen molar-refractivity contribution in [2.24, 2.45) is 0 Å². The molecule has 1 aliphatic carbocycles. The highest BCUT2D eigenvalue weighted by molar-refractivity contribution is 9.10. The van der Waals surface area contributed by atoms with Crippen LogP contribution in [0.4, 0.5) is 0 Å². The Balaban J connectivity index is 2.17. The lowest BCUT2D eigenvalue weighted by atomic mass is 9.95. The van der Waals surface area contributed by atoms with Crippen molar-refractivity contribution in [1.82, 2.24) is 0 Å². The van der Waals surface area contributed by atoms with Gasteiger partial charge in [0.25, 0.3) is 0 Å². The maximum Gasteiger partial charge on any atom is 0.380 e. The van der Waals surface area contributed by atoms with Gasteiger partial charge >= 0.3 is 11.6 Å². The van der Waals surface area contributed by atoms with E-state index in [-0.39, 0.29) is 22.4 Å². The third-order valence-corrected chi connectivity index (χ3v) is 3.86. The van der Waals surface area contributed by atoms with Crippen LogP contribution in [0.5, 0.6) is 5.75 Å². The Morgan fingerprint density at radius 2 is 2.15 bits per heavy atom. The van der Waals surface area contributed by atoms with Gasteiger partial charge in [-0.15, -0.1) is 0 Å². The topological polar surface area (TPSA) is 86.0 Å². The number of carboxylic acid groups (broad SMARTS) is 1. The molecule has 1 aliphatic rings. The van der Waals surface area contributed by atoms with Crippen molar-refractivity contribution in [3.05, 3.63) is 26.7 Å². The number of halogens is 1. The summed E-state index contributed by atoms with van der Waals surface area (Å²) in [5.74, 6) is -1.71. The van der Waals surface area contributed by atoms with E-state index in [9.17, 15) is 9.59 Å². The first-order valence-electron chi connectivity index (χ1n) is 6.27. The minimum absolute atomic E-state index is 0.0109. The van der Waals surface area contributed by atoms with E-state index in [1.165, 1.54) is 6.07 Å². The molecule has 1 heterocycles. The number of aromatic carboxylic acids is 1. The van der Waals surface area contributed by atoms with Crippen LogP contribution in [0, 0.1) is 0 Å². The van der Waals surface area contributed by atoms with E-state index in [0.717, 1.165) is 19.3 Å². The van der Waals surface area contributed by atoms with Gasteiger partial charge in [0.05, 0.1) is 10.6 Å². The maximum absolute atomic E-state index is 11.8. The van der Waals surface area contributed by atoms with E-state index < -0.39 is 17.4 Å².